The maximum Gasteiger partial charge on any atom is 0.129 e. The zero-order chi connectivity index (χ0) is 16.5. The molecule has 1 saturated heterocycles. The Balaban J connectivity index is 1.37. The zero-order valence-corrected chi connectivity index (χ0v) is 14.3. The largest absolute Gasteiger partial charge is 0.490 e. The summed E-state index contributed by atoms with van der Waals surface area (Å²) in [4.78, 5) is 2.46. The molecule has 4 rings (SSSR count). The minimum atomic E-state index is 0.299. The fraction of sp³-hybridized carbons (Fsp3) is 0.421. The molecule has 3 heterocycles. The molecule has 0 radical (unpaired) electrons. The Hall–Kier alpha value is -2.27. The van der Waals surface area contributed by atoms with Gasteiger partial charge in [0.05, 0.1) is 11.2 Å². The number of nitrogens with zero attached hydrogens (tertiary/aromatic N) is 3. The van der Waals surface area contributed by atoms with Gasteiger partial charge in [0, 0.05) is 44.0 Å². The lowest BCUT2D eigenvalue weighted by atomic mass is 10.1. The van der Waals surface area contributed by atoms with Crippen LogP contribution in [0.5, 0.6) is 5.75 Å². The lowest BCUT2D eigenvalue weighted by Gasteiger charge is -2.31. The molecule has 1 aromatic carbocycles. The molecule has 3 aromatic rings. The van der Waals surface area contributed by atoms with Crippen LogP contribution in [-0.2, 0) is 13.6 Å². The first-order valence-electron chi connectivity index (χ1n) is 8.63. The van der Waals surface area contributed by atoms with Crippen LogP contribution in [0.2, 0.25) is 0 Å². The highest BCUT2D eigenvalue weighted by Gasteiger charge is 2.22. The zero-order valence-electron chi connectivity index (χ0n) is 14.3. The van der Waals surface area contributed by atoms with Crippen LogP contribution in [0.4, 0.5) is 0 Å². The van der Waals surface area contributed by atoms with Crippen molar-refractivity contribution in [2.45, 2.75) is 32.4 Å². The van der Waals surface area contributed by atoms with Crippen LogP contribution in [-0.4, -0.2) is 38.9 Å². The molecular weight excluding hydrogens is 300 g/mol. The number of H-pyrrole nitrogens is 1. The first-order chi connectivity index (χ1) is 11.7. The summed E-state index contributed by atoms with van der Waals surface area (Å²) < 4.78 is 8.46. The highest BCUT2D eigenvalue weighted by atomic mass is 16.5. The fourth-order valence-electron chi connectivity index (χ4n) is 3.53. The third-order valence-electron chi connectivity index (χ3n) is 4.86. The van der Waals surface area contributed by atoms with Crippen molar-refractivity contribution in [3.8, 4) is 5.75 Å². The summed E-state index contributed by atoms with van der Waals surface area (Å²) in [7, 11) is 2.07. The number of rotatable bonds is 4. The topological polar surface area (TPSA) is 46.1 Å². The van der Waals surface area contributed by atoms with Crippen LogP contribution >= 0.6 is 0 Å². The molecule has 0 spiro atoms. The standard InChI is InChI=1S/C19H24N4O/c1-14-12-15(21-20-14)13-23-10-6-16(7-11-23)24-19-5-3-4-18-17(19)8-9-22(18)2/h3-5,8-9,12,16H,6-7,10-11,13H2,1-2H3,(H,20,21). The van der Waals surface area contributed by atoms with Gasteiger partial charge in [0.1, 0.15) is 11.9 Å². The summed E-state index contributed by atoms with van der Waals surface area (Å²) in [6, 6.07) is 10.6. The summed E-state index contributed by atoms with van der Waals surface area (Å²) in [5, 5.41) is 8.55. The number of hydrogen-bond acceptors (Lipinski definition) is 3. The van der Waals surface area contributed by atoms with Gasteiger partial charge in [-0.05, 0) is 44.0 Å². The van der Waals surface area contributed by atoms with Crippen LogP contribution in [0.1, 0.15) is 24.2 Å². The van der Waals surface area contributed by atoms with Gasteiger partial charge in [-0.3, -0.25) is 10.00 Å². The Morgan fingerprint density at radius 1 is 1.25 bits per heavy atom. The van der Waals surface area contributed by atoms with Gasteiger partial charge in [0.2, 0.25) is 0 Å². The second kappa shape index (κ2) is 6.32. The normalized spacial score (nSPS) is 16.8. The van der Waals surface area contributed by atoms with Gasteiger partial charge in [-0.1, -0.05) is 6.07 Å². The van der Waals surface area contributed by atoms with Crippen LogP contribution in [0.25, 0.3) is 10.9 Å². The molecule has 0 unspecified atom stereocenters. The van der Waals surface area contributed by atoms with Gasteiger partial charge in [-0.15, -0.1) is 0 Å². The average molecular weight is 324 g/mol. The lowest BCUT2D eigenvalue weighted by Crippen LogP contribution is -2.37. The molecule has 0 atom stereocenters. The van der Waals surface area contributed by atoms with E-state index in [0.29, 0.717) is 6.10 Å². The summed E-state index contributed by atoms with van der Waals surface area (Å²) in [6.45, 7) is 5.08. The number of aromatic nitrogens is 3. The molecule has 24 heavy (non-hydrogen) atoms. The van der Waals surface area contributed by atoms with E-state index in [-0.39, 0.29) is 0 Å². The Labute approximate surface area is 142 Å². The van der Waals surface area contributed by atoms with Crippen molar-refractivity contribution in [3.63, 3.8) is 0 Å². The quantitative estimate of drug-likeness (QED) is 0.801. The van der Waals surface area contributed by atoms with Crippen molar-refractivity contribution in [1.29, 1.82) is 0 Å². The van der Waals surface area contributed by atoms with Gasteiger partial charge < -0.3 is 9.30 Å². The monoisotopic (exact) mass is 324 g/mol. The summed E-state index contributed by atoms with van der Waals surface area (Å²) in [5.41, 5.74) is 3.47. The van der Waals surface area contributed by atoms with Crippen molar-refractivity contribution in [3.05, 3.63) is 47.9 Å². The molecule has 0 amide bonds. The molecular formula is C19H24N4O. The average Bonchev–Trinajstić information content (AvgIpc) is 3.16. The Morgan fingerprint density at radius 2 is 2.08 bits per heavy atom. The molecule has 1 N–H and O–H groups in total. The van der Waals surface area contributed by atoms with E-state index in [0.717, 1.165) is 49.6 Å². The van der Waals surface area contributed by atoms with Crippen LogP contribution < -0.4 is 4.74 Å². The van der Waals surface area contributed by atoms with E-state index in [1.807, 2.05) is 6.92 Å². The number of hydrogen-bond donors (Lipinski definition) is 1. The van der Waals surface area contributed by atoms with Gasteiger partial charge in [-0.25, -0.2) is 0 Å². The fourth-order valence-corrected chi connectivity index (χ4v) is 3.53. The smallest absolute Gasteiger partial charge is 0.129 e. The Morgan fingerprint density at radius 3 is 2.83 bits per heavy atom. The van der Waals surface area contributed by atoms with Crippen LogP contribution in [0.15, 0.2) is 36.5 Å². The van der Waals surface area contributed by atoms with E-state index in [2.05, 4.69) is 63.2 Å². The second-order valence-electron chi connectivity index (χ2n) is 6.75. The summed E-state index contributed by atoms with van der Waals surface area (Å²) in [5.74, 6) is 1.01. The molecule has 1 aliphatic heterocycles. The summed E-state index contributed by atoms with van der Waals surface area (Å²) in [6.07, 6.45) is 4.51. The van der Waals surface area contributed by atoms with E-state index in [4.69, 9.17) is 4.74 Å². The second-order valence-corrected chi connectivity index (χ2v) is 6.75. The van der Waals surface area contributed by atoms with Crippen molar-refractivity contribution in [2.75, 3.05) is 13.1 Å². The first-order valence-corrected chi connectivity index (χ1v) is 8.63. The van der Waals surface area contributed by atoms with Gasteiger partial charge in [-0.2, -0.15) is 5.10 Å². The SMILES string of the molecule is Cc1cc(CN2CCC(Oc3cccc4c3ccn4C)CC2)n[nH]1. The third-order valence-corrected chi connectivity index (χ3v) is 4.86. The Kier molecular flexibility index (Phi) is 4.02. The van der Waals surface area contributed by atoms with Crippen molar-refractivity contribution in [1.82, 2.24) is 19.7 Å². The number of aryl methyl sites for hydroxylation is 2. The maximum absolute atomic E-state index is 6.32. The van der Waals surface area contributed by atoms with Crippen molar-refractivity contribution >= 4 is 10.9 Å². The number of likely N-dealkylation sites (tertiary alicyclic amines) is 1. The van der Waals surface area contributed by atoms with Crippen LogP contribution in [0, 0.1) is 6.92 Å². The van der Waals surface area contributed by atoms with E-state index >= 15 is 0 Å². The molecule has 1 fully saturated rings. The molecule has 2 aromatic heterocycles. The van der Waals surface area contributed by atoms with E-state index in [1.165, 1.54) is 10.9 Å². The minimum Gasteiger partial charge on any atom is -0.490 e. The summed E-state index contributed by atoms with van der Waals surface area (Å²) >= 11 is 0. The minimum absolute atomic E-state index is 0.299. The number of piperidine rings is 1. The van der Waals surface area contributed by atoms with E-state index < -0.39 is 0 Å². The van der Waals surface area contributed by atoms with E-state index in [1.54, 1.807) is 0 Å². The molecule has 0 aliphatic carbocycles. The number of ether oxygens (including phenoxy) is 1. The molecule has 0 saturated carbocycles. The van der Waals surface area contributed by atoms with Gasteiger partial charge in [0.15, 0.2) is 0 Å². The first kappa shape index (κ1) is 15.3. The molecule has 5 heteroatoms. The van der Waals surface area contributed by atoms with Gasteiger partial charge in [0.25, 0.3) is 0 Å². The molecule has 126 valence electrons. The van der Waals surface area contributed by atoms with Gasteiger partial charge >= 0.3 is 0 Å². The molecule has 5 nitrogen and oxygen atoms in total. The highest BCUT2D eigenvalue weighted by molar-refractivity contribution is 5.86. The maximum atomic E-state index is 6.32. The van der Waals surface area contributed by atoms with Crippen molar-refractivity contribution < 1.29 is 4.74 Å². The number of benzene rings is 1. The van der Waals surface area contributed by atoms with Crippen molar-refractivity contribution in [2.24, 2.45) is 7.05 Å². The predicted octanol–water partition coefficient (Wildman–Crippen LogP) is 3.25. The Bertz CT molecular complexity index is 827. The lowest BCUT2D eigenvalue weighted by molar-refractivity contribution is 0.0973. The van der Waals surface area contributed by atoms with Crippen LogP contribution in [0.3, 0.4) is 0 Å². The molecule has 0 bridgehead atoms. The third kappa shape index (κ3) is 3.04. The number of fused-ring (bicyclic) bond motifs is 1. The highest BCUT2D eigenvalue weighted by Crippen LogP contribution is 2.28. The number of nitrogens with one attached hydrogen (secondary N) is 1. The molecule has 1 aliphatic rings. The predicted molar refractivity (Wildman–Crippen MR) is 95.2 cm³/mol. The van der Waals surface area contributed by atoms with E-state index in [9.17, 15) is 0 Å². The number of aromatic amines is 1.